The Kier molecular flexibility index (Phi) is 5.83. The predicted octanol–water partition coefficient (Wildman–Crippen LogP) is 2.70. The molecule has 112 valence electrons. The largest absolute Gasteiger partial charge is 0.497 e. The Morgan fingerprint density at radius 2 is 2.05 bits per heavy atom. The highest BCUT2D eigenvalue weighted by Crippen LogP contribution is 2.25. The third-order valence-corrected chi connectivity index (χ3v) is 3.88. The summed E-state index contributed by atoms with van der Waals surface area (Å²) >= 11 is 0. The number of rotatable bonds is 6. The highest BCUT2D eigenvalue weighted by Gasteiger charge is 2.23. The summed E-state index contributed by atoms with van der Waals surface area (Å²) in [5, 5.41) is 10.2. The Balaban J connectivity index is 1.83. The van der Waals surface area contributed by atoms with Crippen molar-refractivity contribution in [3.63, 3.8) is 0 Å². The number of benzene rings is 1. The standard InChI is InChI=1S/C16H24O4/c1-18-13-6-3-5-12(9-13)16(17)11-20-15-8-4-7-14(10-15)19-2/h3,5-6,9,14-17H,4,7-8,10-11H2,1-2H3. The first-order chi connectivity index (χ1) is 9.72. The van der Waals surface area contributed by atoms with Crippen LogP contribution in [-0.4, -0.2) is 38.1 Å². The van der Waals surface area contributed by atoms with Crippen molar-refractivity contribution >= 4 is 0 Å². The monoisotopic (exact) mass is 280 g/mol. The van der Waals surface area contributed by atoms with Crippen molar-refractivity contribution in [1.29, 1.82) is 0 Å². The molecule has 4 nitrogen and oxygen atoms in total. The number of hydrogen-bond acceptors (Lipinski definition) is 4. The molecule has 1 fully saturated rings. The number of aliphatic hydroxyl groups is 1. The van der Waals surface area contributed by atoms with Gasteiger partial charge in [0, 0.05) is 7.11 Å². The Labute approximate surface area is 120 Å². The Bertz CT molecular complexity index is 407. The van der Waals surface area contributed by atoms with Crippen LogP contribution in [0.5, 0.6) is 5.75 Å². The molecule has 0 spiro atoms. The molecule has 1 aromatic rings. The van der Waals surface area contributed by atoms with Gasteiger partial charge in [-0.15, -0.1) is 0 Å². The van der Waals surface area contributed by atoms with Gasteiger partial charge in [0.2, 0.25) is 0 Å². The zero-order valence-corrected chi connectivity index (χ0v) is 12.2. The third kappa shape index (κ3) is 4.20. The Morgan fingerprint density at radius 1 is 1.25 bits per heavy atom. The van der Waals surface area contributed by atoms with Crippen LogP contribution in [0.25, 0.3) is 0 Å². The number of ether oxygens (including phenoxy) is 3. The maximum Gasteiger partial charge on any atom is 0.119 e. The molecule has 0 radical (unpaired) electrons. The van der Waals surface area contributed by atoms with Gasteiger partial charge in [-0.3, -0.25) is 0 Å². The molecule has 0 aromatic heterocycles. The fourth-order valence-corrected chi connectivity index (χ4v) is 2.64. The summed E-state index contributed by atoms with van der Waals surface area (Å²) in [5.74, 6) is 0.749. The first-order valence-corrected chi connectivity index (χ1v) is 7.19. The summed E-state index contributed by atoms with van der Waals surface area (Å²) in [5.41, 5.74) is 0.823. The van der Waals surface area contributed by atoms with Crippen molar-refractivity contribution in [2.24, 2.45) is 0 Å². The molecule has 1 aliphatic rings. The van der Waals surface area contributed by atoms with E-state index in [0.29, 0.717) is 12.7 Å². The maximum absolute atomic E-state index is 10.2. The van der Waals surface area contributed by atoms with Gasteiger partial charge in [-0.2, -0.15) is 0 Å². The summed E-state index contributed by atoms with van der Waals surface area (Å²) in [6.45, 7) is 0.314. The lowest BCUT2D eigenvalue weighted by Crippen LogP contribution is -2.28. The number of methoxy groups -OCH3 is 2. The molecule has 1 saturated carbocycles. The van der Waals surface area contributed by atoms with Crippen LogP contribution < -0.4 is 4.74 Å². The van der Waals surface area contributed by atoms with E-state index < -0.39 is 6.10 Å². The van der Waals surface area contributed by atoms with E-state index in [1.165, 1.54) is 0 Å². The van der Waals surface area contributed by atoms with Crippen molar-refractivity contribution < 1.29 is 19.3 Å². The highest BCUT2D eigenvalue weighted by molar-refractivity contribution is 5.29. The van der Waals surface area contributed by atoms with Crippen LogP contribution in [0.2, 0.25) is 0 Å². The van der Waals surface area contributed by atoms with E-state index in [1.54, 1.807) is 14.2 Å². The van der Waals surface area contributed by atoms with Crippen molar-refractivity contribution in [2.45, 2.75) is 44.0 Å². The van der Waals surface area contributed by atoms with Crippen LogP contribution in [0.15, 0.2) is 24.3 Å². The lowest BCUT2D eigenvalue weighted by atomic mass is 9.95. The predicted molar refractivity (Wildman–Crippen MR) is 77.0 cm³/mol. The SMILES string of the molecule is COc1cccc(C(O)COC2CCCC(OC)C2)c1. The fraction of sp³-hybridized carbons (Fsp3) is 0.625. The second-order valence-electron chi connectivity index (χ2n) is 5.27. The molecule has 1 aromatic carbocycles. The summed E-state index contributed by atoms with van der Waals surface area (Å²) in [7, 11) is 3.37. The lowest BCUT2D eigenvalue weighted by molar-refractivity contribution is -0.0570. The average Bonchev–Trinajstić information content (AvgIpc) is 2.52. The van der Waals surface area contributed by atoms with E-state index in [-0.39, 0.29) is 6.10 Å². The van der Waals surface area contributed by atoms with Gasteiger partial charge < -0.3 is 19.3 Å². The summed E-state index contributed by atoms with van der Waals surface area (Å²) in [6, 6.07) is 7.46. The van der Waals surface area contributed by atoms with E-state index in [4.69, 9.17) is 14.2 Å². The highest BCUT2D eigenvalue weighted by atomic mass is 16.5. The van der Waals surface area contributed by atoms with Gasteiger partial charge in [-0.25, -0.2) is 0 Å². The molecule has 3 unspecified atom stereocenters. The maximum atomic E-state index is 10.2. The van der Waals surface area contributed by atoms with Gasteiger partial charge in [0.1, 0.15) is 11.9 Å². The van der Waals surface area contributed by atoms with Gasteiger partial charge in [0.15, 0.2) is 0 Å². The normalized spacial score (nSPS) is 24.4. The smallest absolute Gasteiger partial charge is 0.119 e. The van der Waals surface area contributed by atoms with Crippen molar-refractivity contribution in [3.8, 4) is 5.75 Å². The van der Waals surface area contributed by atoms with Crippen LogP contribution in [0, 0.1) is 0 Å². The molecule has 0 aliphatic heterocycles. The van der Waals surface area contributed by atoms with E-state index in [1.807, 2.05) is 24.3 Å². The molecule has 0 heterocycles. The first-order valence-electron chi connectivity index (χ1n) is 7.19. The molecule has 1 aliphatic carbocycles. The molecule has 3 atom stereocenters. The van der Waals surface area contributed by atoms with Gasteiger partial charge in [0.05, 0.1) is 25.9 Å². The van der Waals surface area contributed by atoms with Crippen molar-refractivity contribution in [1.82, 2.24) is 0 Å². The topological polar surface area (TPSA) is 47.9 Å². The molecular weight excluding hydrogens is 256 g/mol. The molecule has 0 amide bonds. The molecule has 0 saturated heterocycles. The molecule has 0 bridgehead atoms. The van der Waals surface area contributed by atoms with Crippen LogP contribution in [0.4, 0.5) is 0 Å². The zero-order chi connectivity index (χ0) is 14.4. The van der Waals surface area contributed by atoms with E-state index >= 15 is 0 Å². The van der Waals surface area contributed by atoms with E-state index in [9.17, 15) is 5.11 Å². The quantitative estimate of drug-likeness (QED) is 0.870. The molecule has 4 heteroatoms. The molecule has 20 heavy (non-hydrogen) atoms. The van der Waals surface area contributed by atoms with Crippen LogP contribution >= 0.6 is 0 Å². The van der Waals surface area contributed by atoms with Crippen LogP contribution in [0.3, 0.4) is 0 Å². The second kappa shape index (κ2) is 7.62. The lowest BCUT2D eigenvalue weighted by Gasteiger charge is -2.29. The summed E-state index contributed by atoms with van der Waals surface area (Å²) in [4.78, 5) is 0. The molecular formula is C16H24O4. The van der Waals surface area contributed by atoms with Crippen LogP contribution in [-0.2, 0) is 9.47 Å². The van der Waals surface area contributed by atoms with Gasteiger partial charge in [0.25, 0.3) is 0 Å². The van der Waals surface area contributed by atoms with Crippen LogP contribution in [0.1, 0.15) is 37.4 Å². The van der Waals surface area contributed by atoms with E-state index in [2.05, 4.69) is 0 Å². The minimum absolute atomic E-state index is 0.189. The van der Waals surface area contributed by atoms with Crippen molar-refractivity contribution in [3.05, 3.63) is 29.8 Å². The Hall–Kier alpha value is -1.10. The average molecular weight is 280 g/mol. The Morgan fingerprint density at radius 3 is 2.80 bits per heavy atom. The van der Waals surface area contributed by atoms with E-state index in [0.717, 1.165) is 37.0 Å². The van der Waals surface area contributed by atoms with Gasteiger partial charge in [-0.1, -0.05) is 12.1 Å². The number of hydrogen-bond donors (Lipinski definition) is 1. The first kappa shape index (κ1) is 15.3. The summed E-state index contributed by atoms with van der Waals surface area (Å²) < 4.78 is 16.4. The van der Waals surface area contributed by atoms with Gasteiger partial charge in [-0.05, 0) is 43.4 Å². The fourth-order valence-electron chi connectivity index (χ4n) is 2.64. The second-order valence-corrected chi connectivity index (χ2v) is 5.27. The molecule has 1 N–H and O–H groups in total. The third-order valence-electron chi connectivity index (χ3n) is 3.88. The minimum atomic E-state index is -0.618. The zero-order valence-electron chi connectivity index (χ0n) is 12.2. The molecule has 2 rings (SSSR count). The summed E-state index contributed by atoms with van der Waals surface area (Å²) in [6.07, 6.45) is 4.06. The van der Waals surface area contributed by atoms with Crippen molar-refractivity contribution in [2.75, 3.05) is 20.8 Å². The number of aliphatic hydroxyl groups excluding tert-OH is 1. The van der Waals surface area contributed by atoms with Gasteiger partial charge >= 0.3 is 0 Å². The minimum Gasteiger partial charge on any atom is -0.497 e.